The Kier molecular flexibility index (Phi) is 3.38. The SMILES string of the molecule is CC1(CNC(=O)c2cc3cc(N)ccc3o2)CCCS1. The number of anilines is 1. The second-order valence-electron chi connectivity index (χ2n) is 5.49. The van der Waals surface area contributed by atoms with Crippen LogP contribution in [-0.4, -0.2) is 23.0 Å². The Hall–Kier alpha value is -1.62. The fourth-order valence-corrected chi connectivity index (χ4v) is 3.75. The van der Waals surface area contributed by atoms with Crippen molar-refractivity contribution in [1.82, 2.24) is 5.32 Å². The number of furan rings is 1. The van der Waals surface area contributed by atoms with Crippen molar-refractivity contribution >= 4 is 34.3 Å². The van der Waals surface area contributed by atoms with E-state index in [2.05, 4.69) is 12.2 Å². The zero-order chi connectivity index (χ0) is 14.2. The van der Waals surface area contributed by atoms with Gasteiger partial charge in [-0.3, -0.25) is 4.79 Å². The summed E-state index contributed by atoms with van der Waals surface area (Å²) < 4.78 is 5.72. The number of nitrogens with two attached hydrogens (primary N) is 1. The number of nitrogen functional groups attached to an aromatic ring is 1. The lowest BCUT2D eigenvalue weighted by Crippen LogP contribution is -2.36. The van der Waals surface area contributed by atoms with E-state index in [9.17, 15) is 4.79 Å². The maximum atomic E-state index is 12.2. The molecule has 0 bridgehead atoms. The van der Waals surface area contributed by atoms with Crippen molar-refractivity contribution in [2.75, 3.05) is 18.0 Å². The van der Waals surface area contributed by atoms with Gasteiger partial charge in [-0.25, -0.2) is 0 Å². The minimum atomic E-state index is -0.159. The number of fused-ring (bicyclic) bond motifs is 1. The van der Waals surface area contributed by atoms with Crippen LogP contribution in [0.2, 0.25) is 0 Å². The van der Waals surface area contributed by atoms with Crippen LogP contribution >= 0.6 is 11.8 Å². The van der Waals surface area contributed by atoms with Crippen LogP contribution in [0, 0.1) is 0 Å². The highest BCUT2D eigenvalue weighted by molar-refractivity contribution is 8.00. The number of benzene rings is 1. The summed E-state index contributed by atoms with van der Waals surface area (Å²) in [6, 6.07) is 7.11. The lowest BCUT2D eigenvalue weighted by atomic mass is 10.1. The van der Waals surface area contributed by atoms with E-state index < -0.39 is 0 Å². The topological polar surface area (TPSA) is 68.3 Å². The quantitative estimate of drug-likeness (QED) is 0.853. The van der Waals surface area contributed by atoms with Gasteiger partial charge in [0, 0.05) is 22.4 Å². The minimum absolute atomic E-state index is 0.159. The first-order valence-corrected chi connectivity index (χ1v) is 7.76. The van der Waals surface area contributed by atoms with Crippen molar-refractivity contribution in [3.8, 4) is 0 Å². The van der Waals surface area contributed by atoms with Crippen molar-refractivity contribution in [3.05, 3.63) is 30.0 Å². The van der Waals surface area contributed by atoms with Crippen LogP contribution < -0.4 is 11.1 Å². The summed E-state index contributed by atoms with van der Waals surface area (Å²) in [6.45, 7) is 2.87. The van der Waals surface area contributed by atoms with Crippen LogP contribution in [0.4, 0.5) is 5.69 Å². The standard InChI is InChI=1S/C15H18N2O2S/c1-15(5-2-6-20-15)9-17-14(18)13-8-10-7-11(16)3-4-12(10)19-13/h3-4,7-8H,2,5-6,9,16H2,1H3,(H,17,18). The van der Waals surface area contributed by atoms with Crippen molar-refractivity contribution in [3.63, 3.8) is 0 Å². The smallest absolute Gasteiger partial charge is 0.287 e. The summed E-state index contributed by atoms with van der Waals surface area (Å²) >= 11 is 1.93. The number of thioether (sulfide) groups is 1. The molecule has 3 rings (SSSR count). The Bertz CT molecular complexity index is 644. The van der Waals surface area contributed by atoms with E-state index in [0.29, 0.717) is 23.6 Å². The van der Waals surface area contributed by atoms with E-state index in [1.165, 1.54) is 12.2 Å². The van der Waals surface area contributed by atoms with Crippen molar-refractivity contribution in [1.29, 1.82) is 0 Å². The highest BCUT2D eigenvalue weighted by atomic mass is 32.2. The molecule has 3 N–H and O–H groups in total. The Morgan fingerprint density at radius 2 is 2.35 bits per heavy atom. The fourth-order valence-electron chi connectivity index (χ4n) is 2.50. The van der Waals surface area contributed by atoms with Gasteiger partial charge in [0.05, 0.1) is 0 Å². The van der Waals surface area contributed by atoms with E-state index in [1.807, 2.05) is 17.8 Å². The number of carbonyl (C=O) groups is 1. The van der Waals surface area contributed by atoms with Gasteiger partial charge in [0.1, 0.15) is 5.58 Å². The zero-order valence-corrected chi connectivity index (χ0v) is 12.3. The normalized spacial score (nSPS) is 22.2. The maximum Gasteiger partial charge on any atom is 0.287 e. The third-order valence-electron chi connectivity index (χ3n) is 3.69. The molecule has 2 heterocycles. The van der Waals surface area contributed by atoms with Gasteiger partial charge < -0.3 is 15.5 Å². The molecule has 5 heteroatoms. The highest BCUT2D eigenvalue weighted by Crippen LogP contribution is 2.37. The summed E-state index contributed by atoms with van der Waals surface area (Å²) in [6.07, 6.45) is 2.37. The van der Waals surface area contributed by atoms with Crippen LogP contribution in [0.25, 0.3) is 11.0 Å². The molecule has 1 fully saturated rings. The minimum Gasteiger partial charge on any atom is -0.451 e. The first kappa shape index (κ1) is 13.4. The Morgan fingerprint density at radius 3 is 3.10 bits per heavy atom. The molecular formula is C15H18N2O2S. The third kappa shape index (κ3) is 2.63. The molecule has 2 aromatic rings. The molecule has 4 nitrogen and oxygen atoms in total. The number of carbonyl (C=O) groups excluding carboxylic acids is 1. The number of amides is 1. The second-order valence-corrected chi connectivity index (χ2v) is 7.18. The summed E-state index contributed by atoms with van der Waals surface area (Å²) in [4.78, 5) is 12.2. The highest BCUT2D eigenvalue weighted by Gasteiger charge is 2.30. The first-order chi connectivity index (χ1) is 9.56. The Balaban J connectivity index is 1.72. The van der Waals surface area contributed by atoms with Crippen LogP contribution in [0.5, 0.6) is 0 Å². The molecule has 20 heavy (non-hydrogen) atoms. The summed E-state index contributed by atoms with van der Waals surface area (Å²) in [5, 5.41) is 3.83. The Labute approximate surface area is 122 Å². The van der Waals surface area contributed by atoms with E-state index in [4.69, 9.17) is 10.2 Å². The molecule has 1 saturated heterocycles. The van der Waals surface area contributed by atoms with Crippen LogP contribution in [0.1, 0.15) is 30.3 Å². The van der Waals surface area contributed by atoms with E-state index in [1.54, 1.807) is 18.2 Å². The molecule has 106 valence electrons. The third-order valence-corrected chi connectivity index (χ3v) is 5.23. The van der Waals surface area contributed by atoms with Gasteiger partial charge in [0.15, 0.2) is 5.76 Å². The Morgan fingerprint density at radius 1 is 1.50 bits per heavy atom. The molecule has 1 aromatic heterocycles. The molecule has 0 radical (unpaired) electrons. The second kappa shape index (κ2) is 5.05. The van der Waals surface area contributed by atoms with E-state index in [0.717, 1.165) is 11.8 Å². The molecular weight excluding hydrogens is 272 g/mol. The van der Waals surface area contributed by atoms with Crippen LogP contribution in [-0.2, 0) is 0 Å². The number of nitrogens with one attached hydrogen (secondary N) is 1. The van der Waals surface area contributed by atoms with Gasteiger partial charge in [-0.15, -0.1) is 0 Å². The maximum absolute atomic E-state index is 12.2. The molecule has 1 amide bonds. The molecule has 0 saturated carbocycles. The van der Waals surface area contributed by atoms with Crippen molar-refractivity contribution in [2.45, 2.75) is 24.5 Å². The largest absolute Gasteiger partial charge is 0.451 e. The average molecular weight is 290 g/mol. The molecule has 1 atom stereocenters. The number of rotatable bonds is 3. The lowest BCUT2D eigenvalue weighted by molar-refractivity contribution is 0.0924. The molecule has 0 spiro atoms. The first-order valence-electron chi connectivity index (χ1n) is 6.77. The molecule has 1 aromatic carbocycles. The van der Waals surface area contributed by atoms with Crippen molar-refractivity contribution < 1.29 is 9.21 Å². The van der Waals surface area contributed by atoms with Crippen LogP contribution in [0.3, 0.4) is 0 Å². The predicted molar refractivity (Wildman–Crippen MR) is 83.1 cm³/mol. The zero-order valence-electron chi connectivity index (χ0n) is 11.4. The fraction of sp³-hybridized carbons (Fsp3) is 0.400. The number of hydrogen-bond acceptors (Lipinski definition) is 4. The molecule has 1 aliphatic heterocycles. The molecule has 1 aliphatic rings. The van der Waals surface area contributed by atoms with Gasteiger partial charge in [0.25, 0.3) is 5.91 Å². The van der Waals surface area contributed by atoms with E-state index >= 15 is 0 Å². The summed E-state index contributed by atoms with van der Waals surface area (Å²) in [5.41, 5.74) is 7.08. The van der Waals surface area contributed by atoms with Gasteiger partial charge in [-0.2, -0.15) is 11.8 Å². The van der Waals surface area contributed by atoms with Gasteiger partial charge in [-0.05, 0) is 49.8 Å². The van der Waals surface area contributed by atoms with Gasteiger partial charge in [0.2, 0.25) is 0 Å². The monoisotopic (exact) mass is 290 g/mol. The number of hydrogen-bond donors (Lipinski definition) is 2. The predicted octanol–water partition coefficient (Wildman–Crippen LogP) is 3.03. The lowest BCUT2D eigenvalue weighted by Gasteiger charge is -2.22. The van der Waals surface area contributed by atoms with Gasteiger partial charge >= 0.3 is 0 Å². The van der Waals surface area contributed by atoms with Crippen molar-refractivity contribution in [2.24, 2.45) is 0 Å². The molecule has 0 aliphatic carbocycles. The van der Waals surface area contributed by atoms with Crippen LogP contribution in [0.15, 0.2) is 28.7 Å². The summed E-state index contributed by atoms with van der Waals surface area (Å²) in [5.74, 6) is 1.36. The average Bonchev–Trinajstić information content (AvgIpc) is 3.02. The van der Waals surface area contributed by atoms with Gasteiger partial charge in [-0.1, -0.05) is 0 Å². The summed E-state index contributed by atoms with van der Waals surface area (Å²) in [7, 11) is 0. The van der Waals surface area contributed by atoms with E-state index in [-0.39, 0.29) is 10.7 Å². The molecule has 1 unspecified atom stereocenters.